The van der Waals surface area contributed by atoms with E-state index < -0.39 is 14.4 Å². The van der Waals surface area contributed by atoms with E-state index in [0.717, 1.165) is 53.0 Å². The van der Waals surface area contributed by atoms with Gasteiger partial charge in [0.15, 0.2) is 0 Å². The lowest BCUT2D eigenvalue weighted by molar-refractivity contribution is -0.144. The van der Waals surface area contributed by atoms with Gasteiger partial charge in [-0.2, -0.15) is 0 Å². The van der Waals surface area contributed by atoms with E-state index in [1.54, 1.807) is 33.5 Å². The minimum atomic E-state index is -2.77. The monoisotopic (exact) mass is 1040 g/mol. The Morgan fingerprint density at radius 1 is 0.680 bits per heavy atom. The van der Waals surface area contributed by atoms with Crippen LogP contribution in [0.5, 0.6) is 11.5 Å². The van der Waals surface area contributed by atoms with Crippen molar-refractivity contribution < 1.29 is 47.1 Å². The Hall–Kier alpha value is -5.63. The van der Waals surface area contributed by atoms with Gasteiger partial charge in [-0.3, -0.25) is 0 Å². The lowest BCUT2D eigenvalue weighted by Gasteiger charge is -2.43. The quantitative estimate of drug-likeness (QED) is 0.00833. The second kappa shape index (κ2) is 34.1. The molecule has 4 aromatic rings. The summed E-state index contributed by atoms with van der Waals surface area (Å²) < 4.78 is 53.6. The molecule has 0 saturated carbocycles. The van der Waals surface area contributed by atoms with E-state index in [1.807, 2.05) is 60.7 Å². The van der Waals surface area contributed by atoms with Gasteiger partial charge in [-0.05, 0) is 96.8 Å². The van der Waals surface area contributed by atoms with Crippen molar-refractivity contribution in [2.75, 3.05) is 47.9 Å². The number of rotatable bonds is 36. The van der Waals surface area contributed by atoms with Gasteiger partial charge < -0.3 is 42.3 Å². The lowest BCUT2D eigenvalue weighted by atomic mass is 9.95. The molecule has 0 heterocycles. The summed E-state index contributed by atoms with van der Waals surface area (Å²) in [6, 6.07) is 37.0. The first-order valence-corrected chi connectivity index (χ1v) is 28.2. The van der Waals surface area contributed by atoms with Crippen LogP contribution in [-0.4, -0.2) is 86.6 Å². The van der Waals surface area contributed by atoms with Crippen LogP contribution in [0.15, 0.2) is 182 Å². The number of esters is 1. The zero-order chi connectivity index (χ0) is 54.3. The molecule has 0 saturated heterocycles. The van der Waals surface area contributed by atoms with E-state index in [4.69, 9.17) is 42.3 Å². The maximum Gasteiger partial charge on any atom is 0.330 e. The van der Waals surface area contributed by atoms with Gasteiger partial charge in [0.1, 0.15) is 30.5 Å². The van der Waals surface area contributed by atoms with Gasteiger partial charge in [0.2, 0.25) is 0 Å². The van der Waals surface area contributed by atoms with Crippen LogP contribution in [0.25, 0.3) is 0 Å². The Bertz CT molecular complexity index is 2310. The van der Waals surface area contributed by atoms with Crippen LogP contribution < -0.4 is 19.8 Å². The molecule has 406 valence electrons. The summed E-state index contributed by atoms with van der Waals surface area (Å²) in [4.78, 5) is 13.6. The summed E-state index contributed by atoms with van der Waals surface area (Å²) in [5.74, 6) is 1.11. The van der Waals surface area contributed by atoms with E-state index in [1.165, 1.54) is 10.4 Å². The highest BCUT2D eigenvalue weighted by molar-refractivity contribution is 6.99. The van der Waals surface area contributed by atoms with E-state index in [-0.39, 0.29) is 42.0 Å². The van der Waals surface area contributed by atoms with Crippen molar-refractivity contribution in [2.24, 2.45) is 5.92 Å². The third kappa shape index (κ3) is 21.5. The Balaban J connectivity index is 1.47. The molecule has 0 N–H and O–H groups in total. The number of benzene rings is 4. The van der Waals surface area contributed by atoms with Crippen LogP contribution in [0.2, 0.25) is 5.04 Å². The van der Waals surface area contributed by atoms with Gasteiger partial charge in [0.05, 0.1) is 59.5 Å². The molecular weight excluding hydrogens is 957 g/mol. The second-order valence-corrected chi connectivity index (χ2v) is 24.2. The van der Waals surface area contributed by atoms with Crippen molar-refractivity contribution in [1.82, 2.24) is 0 Å². The fourth-order valence-electron chi connectivity index (χ4n) is 8.82. The number of hydrogen-bond donors (Lipinski definition) is 0. The largest absolute Gasteiger partial charge is 0.497 e. The molecule has 0 unspecified atom stereocenters. The first-order chi connectivity index (χ1) is 36.3. The van der Waals surface area contributed by atoms with Crippen LogP contribution in [0, 0.1) is 5.92 Å². The van der Waals surface area contributed by atoms with Gasteiger partial charge >= 0.3 is 5.97 Å². The summed E-state index contributed by atoms with van der Waals surface area (Å²) in [5, 5.41) is 2.29. The number of allylic oxidation sites excluding steroid dienone is 4. The maximum atomic E-state index is 13.6. The Morgan fingerprint density at radius 2 is 1.28 bits per heavy atom. The number of carbonyl (C=O) groups excluding carboxylic acids is 1. The van der Waals surface area contributed by atoms with Crippen LogP contribution in [-0.2, 0) is 50.9 Å². The van der Waals surface area contributed by atoms with Crippen LogP contribution in [0.3, 0.4) is 0 Å². The van der Waals surface area contributed by atoms with Crippen molar-refractivity contribution in [1.29, 1.82) is 0 Å². The number of carbonyl (C=O) groups is 1. The normalized spacial score (nSPS) is 14.6. The van der Waals surface area contributed by atoms with E-state index >= 15 is 0 Å². The highest BCUT2D eigenvalue weighted by atomic mass is 28.4. The van der Waals surface area contributed by atoms with E-state index in [0.29, 0.717) is 52.3 Å². The minimum Gasteiger partial charge on any atom is -0.497 e. The Labute approximate surface area is 451 Å². The smallest absolute Gasteiger partial charge is 0.330 e. The molecule has 0 amide bonds. The molecule has 75 heavy (non-hydrogen) atoms. The van der Waals surface area contributed by atoms with Crippen molar-refractivity contribution in [2.45, 2.75) is 123 Å². The minimum absolute atomic E-state index is 0.105. The first kappa shape index (κ1) is 61.9. The highest BCUT2D eigenvalue weighted by Crippen LogP contribution is 2.37. The average molecular weight is 1040 g/mol. The number of hydrogen-bond acceptors (Lipinski definition) is 10. The number of methoxy groups -OCH3 is 3. The number of ether oxygens (including phenoxy) is 8. The molecule has 4 aromatic carbocycles. The van der Waals surface area contributed by atoms with E-state index in [9.17, 15) is 4.79 Å². The van der Waals surface area contributed by atoms with Gasteiger partial charge in [-0.25, -0.2) is 4.79 Å². The molecule has 10 nitrogen and oxygen atoms in total. The molecule has 0 spiro atoms. The van der Waals surface area contributed by atoms with Crippen molar-refractivity contribution in [3.8, 4) is 11.5 Å². The average Bonchev–Trinajstić information content (AvgIpc) is 3.42. The van der Waals surface area contributed by atoms with Crippen LogP contribution in [0.4, 0.5) is 0 Å². The molecule has 0 radical (unpaired) electrons. The molecule has 0 aliphatic rings. The van der Waals surface area contributed by atoms with Crippen molar-refractivity contribution >= 4 is 24.7 Å². The highest BCUT2D eigenvalue weighted by Gasteiger charge is 2.50. The van der Waals surface area contributed by atoms with Crippen molar-refractivity contribution in [3.05, 3.63) is 193 Å². The third-order valence-corrected chi connectivity index (χ3v) is 18.0. The van der Waals surface area contributed by atoms with Gasteiger partial charge in [-0.15, -0.1) is 13.2 Å². The molecule has 11 heteroatoms. The summed E-state index contributed by atoms with van der Waals surface area (Å²) in [7, 11) is 2.17. The predicted octanol–water partition coefficient (Wildman–Crippen LogP) is 13.0. The second-order valence-electron chi connectivity index (χ2n) is 19.9. The van der Waals surface area contributed by atoms with Crippen LogP contribution >= 0.6 is 0 Å². The molecule has 0 aliphatic carbocycles. The molecule has 4 rings (SSSR count). The Morgan fingerprint density at radius 3 is 1.83 bits per heavy atom. The predicted molar refractivity (Wildman–Crippen MR) is 307 cm³/mol. The SMILES string of the molecule is C=C[C@H](CCC/C=C\C(=O)O[C@H](C/C(C)=C/C=C/CC[C@H](OCOCCOC)[C@H](C=C)OCc1ccc(OC)cc1)[C@H](C)/C=C(\C)CO[Si](c1ccccc1)(c1ccccc1)C(C)(C)C)OCc1ccc(OC)cc1. The van der Waals surface area contributed by atoms with Crippen LogP contribution in [0.1, 0.15) is 91.2 Å². The summed E-state index contributed by atoms with van der Waals surface area (Å²) in [6.45, 7) is 23.5. The topological polar surface area (TPSA) is 100 Å². The van der Waals surface area contributed by atoms with Crippen molar-refractivity contribution in [3.63, 3.8) is 0 Å². The van der Waals surface area contributed by atoms with Gasteiger partial charge in [-0.1, -0.05) is 166 Å². The summed E-state index contributed by atoms with van der Waals surface area (Å²) in [6.07, 6.45) is 18.6. The zero-order valence-corrected chi connectivity index (χ0v) is 47.4. The number of unbranched alkanes of at least 4 members (excludes halogenated alkanes) is 1. The summed E-state index contributed by atoms with van der Waals surface area (Å²) in [5.41, 5.74) is 4.23. The molecule has 0 aliphatic heterocycles. The Kier molecular flexibility index (Phi) is 28.2. The van der Waals surface area contributed by atoms with E-state index in [2.05, 4.69) is 140 Å². The molecule has 5 atom stereocenters. The standard InChI is InChI=1S/C64H86O10Si/c1-12-55(70-47-53-34-38-56(67-10)39-35-53)27-19-15-25-33-63(65)74-62(52(5)44-51(4)46-73-75(64(6,7)8,58-28-20-16-21-29-58)59-30-22-17-23-31-59)45-50(3)26-18-14-24-32-61(72-49-69-43-42-66-9)60(13-2)71-48-54-36-40-57(68-11)41-37-54/h12-14,16-18,20-23,25-26,28-31,33-41,44,52,55,60-62H,1-2,15,19,24,27,32,42-43,45-49H2,3-11H3/b18-14+,33-25-,50-26+,51-44+/t52-,55-,60+,61+,62-/m1/s1. The molecule has 0 bridgehead atoms. The van der Waals surface area contributed by atoms with Gasteiger partial charge in [0, 0.05) is 25.5 Å². The molecular formula is C64H86O10Si. The summed E-state index contributed by atoms with van der Waals surface area (Å²) >= 11 is 0. The third-order valence-electron chi connectivity index (χ3n) is 13.0. The fraction of sp³-hybridized carbons (Fsp3) is 0.422. The lowest BCUT2D eigenvalue weighted by Crippen LogP contribution is -2.66. The maximum absolute atomic E-state index is 13.6. The first-order valence-electron chi connectivity index (χ1n) is 26.3. The molecule has 0 aromatic heterocycles. The fourth-order valence-corrected chi connectivity index (χ4v) is 13.4. The zero-order valence-electron chi connectivity index (χ0n) is 46.4. The van der Waals surface area contributed by atoms with Gasteiger partial charge in [0.25, 0.3) is 8.32 Å². The molecule has 0 fully saturated rings.